The van der Waals surface area contributed by atoms with E-state index < -0.39 is 0 Å². The first-order valence-corrected chi connectivity index (χ1v) is 7.40. The van der Waals surface area contributed by atoms with Crippen LogP contribution in [0.1, 0.15) is 58.2 Å². The fourth-order valence-corrected chi connectivity index (χ4v) is 2.04. The maximum atomic E-state index is 5.58. The summed E-state index contributed by atoms with van der Waals surface area (Å²) in [4.78, 5) is 0. The van der Waals surface area contributed by atoms with E-state index >= 15 is 0 Å². The molecule has 0 fully saturated rings. The van der Waals surface area contributed by atoms with Crippen LogP contribution in [0, 0.1) is 0 Å². The molecule has 0 aliphatic rings. The van der Waals surface area contributed by atoms with Gasteiger partial charge >= 0.3 is 0 Å². The third-order valence-corrected chi connectivity index (χ3v) is 3.31. The Morgan fingerprint density at radius 3 is 2.21 bits per heavy atom. The van der Waals surface area contributed by atoms with Crippen LogP contribution in [-0.2, 0) is 10.2 Å². The summed E-state index contributed by atoms with van der Waals surface area (Å²) in [5, 5.41) is 3.55. The number of nitrogens with one attached hydrogen (secondary N) is 1. The van der Waals surface area contributed by atoms with Crippen LogP contribution >= 0.6 is 0 Å². The first kappa shape index (κ1) is 16.2. The lowest BCUT2D eigenvalue weighted by Crippen LogP contribution is -2.26. The molecule has 1 aromatic rings. The summed E-state index contributed by atoms with van der Waals surface area (Å²) in [5.41, 5.74) is 2.90. The lowest BCUT2D eigenvalue weighted by atomic mass is 9.86. The van der Waals surface area contributed by atoms with Gasteiger partial charge in [0.05, 0.1) is 12.6 Å². The van der Waals surface area contributed by atoms with Crippen LogP contribution in [0.4, 0.5) is 0 Å². The van der Waals surface area contributed by atoms with Gasteiger partial charge in [-0.2, -0.15) is 0 Å². The van der Waals surface area contributed by atoms with Crippen molar-refractivity contribution in [1.82, 2.24) is 5.32 Å². The highest BCUT2D eigenvalue weighted by atomic mass is 16.5. The summed E-state index contributed by atoms with van der Waals surface area (Å²) < 4.78 is 5.58. The van der Waals surface area contributed by atoms with Crippen molar-refractivity contribution in [2.24, 2.45) is 0 Å². The van der Waals surface area contributed by atoms with Crippen molar-refractivity contribution in [3.63, 3.8) is 0 Å². The van der Waals surface area contributed by atoms with E-state index in [2.05, 4.69) is 57.3 Å². The molecule has 1 N–H and O–H groups in total. The Morgan fingerprint density at radius 2 is 1.74 bits per heavy atom. The molecule has 19 heavy (non-hydrogen) atoms. The van der Waals surface area contributed by atoms with Gasteiger partial charge in [0.25, 0.3) is 0 Å². The second kappa shape index (κ2) is 7.66. The molecule has 0 spiro atoms. The maximum Gasteiger partial charge on any atom is 0.0661 e. The van der Waals surface area contributed by atoms with Crippen molar-refractivity contribution >= 4 is 0 Å². The average Bonchev–Trinajstić information content (AvgIpc) is 2.38. The maximum absolute atomic E-state index is 5.58. The molecular weight excluding hydrogens is 234 g/mol. The Balaban J connectivity index is 2.78. The molecule has 0 amide bonds. The highest BCUT2D eigenvalue weighted by molar-refractivity contribution is 5.29. The van der Waals surface area contributed by atoms with Gasteiger partial charge in [0.1, 0.15) is 0 Å². The standard InChI is InChI=1S/C17H29NO/c1-6-12-18-16(13-19-7-2)14-8-10-15(11-9-14)17(3,4)5/h8-11,16,18H,6-7,12-13H2,1-5H3. The van der Waals surface area contributed by atoms with E-state index in [1.165, 1.54) is 11.1 Å². The number of ether oxygens (including phenoxy) is 1. The molecule has 0 bridgehead atoms. The number of rotatable bonds is 7. The lowest BCUT2D eigenvalue weighted by molar-refractivity contribution is 0.123. The van der Waals surface area contributed by atoms with Gasteiger partial charge < -0.3 is 10.1 Å². The highest BCUT2D eigenvalue weighted by Crippen LogP contribution is 2.24. The normalized spacial score (nSPS) is 13.5. The zero-order valence-corrected chi connectivity index (χ0v) is 13.1. The lowest BCUT2D eigenvalue weighted by Gasteiger charge is -2.22. The van der Waals surface area contributed by atoms with Gasteiger partial charge in [-0.1, -0.05) is 52.0 Å². The van der Waals surface area contributed by atoms with Crippen LogP contribution in [0.15, 0.2) is 24.3 Å². The van der Waals surface area contributed by atoms with E-state index in [-0.39, 0.29) is 5.41 Å². The molecule has 1 aromatic carbocycles. The number of hydrogen-bond acceptors (Lipinski definition) is 2. The topological polar surface area (TPSA) is 21.3 Å². The number of hydrogen-bond donors (Lipinski definition) is 1. The Hall–Kier alpha value is -0.860. The molecular formula is C17H29NO. The molecule has 0 heterocycles. The smallest absolute Gasteiger partial charge is 0.0661 e. The van der Waals surface area contributed by atoms with E-state index in [0.717, 1.165) is 26.2 Å². The Labute approximate surface area is 118 Å². The molecule has 0 aromatic heterocycles. The first-order valence-electron chi connectivity index (χ1n) is 7.40. The van der Waals surface area contributed by atoms with Gasteiger partial charge in [0, 0.05) is 6.61 Å². The molecule has 1 rings (SSSR count). The van der Waals surface area contributed by atoms with Gasteiger partial charge in [0.15, 0.2) is 0 Å². The first-order chi connectivity index (χ1) is 8.99. The molecule has 0 aliphatic carbocycles. The zero-order chi connectivity index (χ0) is 14.3. The molecule has 1 unspecified atom stereocenters. The van der Waals surface area contributed by atoms with Crippen LogP contribution in [0.2, 0.25) is 0 Å². The van der Waals surface area contributed by atoms with Gasteiger partial charge in [-0.05, 0) is 36.4 Å². The molecule has 2 heteroatoms. The molecule has 0 radical (unpaired) electrons. The van der Waals surface area contributed by atoms with Crippen molar-refractivity contribution < 1.29 is 4.74 Å². The third kappa shape index (κ3) is 5.33. The predicted molar refractivity (Wildman–Crippen MR) is 82.7 cm³/mol. The second-order valence-electron chi connectivity index (χ2n) is 6.04. The minimum absolute atomic E-state index is 0.213. The van der Waals surface area contributed by atoms with Gasteiger partial charge in [0.2, 0.25) is 0 Å². The van der Waals surface area contributed by atoms with Gasteiger partial charge in [-0.15, -0.1) is 0 Å². The van der Waals surface area contributed by atoms with Crippen molar-refractivity contribution in [2.75, 3.05) is 19.8 Å². The minimum atomic E-state index is 0.213. The second-order valence-corrected chi connectivity index (χ2v) is 6.04. The van der Waals surface area contributed by atoms with Gasteiger partial charge in [-0.3, -0.25) is 0 Å². The Morgan fingerprint density at radius 1 is 1.11 bits per heavy atom. The van der Waals surface area contributed by atoms with E-state index in [0.29, 0.717) is 6.04 Å². The molecule has 1 atom stereocenters. The zero-order valence-electron chi connectivity index (χ0n) is 13.1. The number of benzene rings is 1. The van der Waals surface area contributed by atoms with Crippen molar-refractivity contribution in [3.05, 3.63) is 35.4 Å². The highest BCUT2D eigenvalue weighted by Gasteiger charge is 2.15. The Bertz CT molecular complexity index is 343. The van der Waals surface area contributed by atoms with E-state index in [9.17, 15) is 0 Å². The predicted octanol–water partition coefficient (Wildman–Crippen LogP) is 4.06. The van der Waals surface area contributed by atoms with E-state index in [1.807, 2.05) is 6.92 Å². The summed E-state index contributed by atoms with van der Waals surface area (Å²) in [6, 6.07) is 9.23. The largest absolute Gasteiger partial charge is 0.380 e. The SMILES string of the molecule is CCCNC(COCC)c1ccc(C(C)(C)C)cc1. The monoisotopic (exact) mass is 263 g/mol. The Kier molecular flexibility index (Phi) is 6.53. The van der Waals surface area contributed by atoms with E-state index in [1.54, 1.807) is 0 Å². The van der Waals surface area contributed by atoms with Crippen molar-refractivity contribution in [3.8, 4) is 0 Å². The summed E-state index contributed by atoms with van der Waals surface area (Å²) in [6.07, 6.45) is 1.14. The molecule has 108 valence electrons. The van der Waals surface area contributed by atoms with Crippen LogP contribution in [-0.4, -0.2) is 19.8 Å². The minimum Gasteiger partial charge on any atom is -0.380 e. The van der Waals surface area contributed by atoms with Crippen molar-refractivity contribution in [2.45, 2.75) is 52.5 Å². The van der Waals surface area contributed by atoms with Crippen molar-refractivity contribution in [1.29, 1.82) is 0 Å². The molecule has 0 saturated carbocycles. The molecule has 0 saturated heterocycles. The summed E-state index contributed by atoms with van der Waals surface area (Å²) >= 11 is 0. The molecule has 2 nitrogen and oxygen atoms in total. The quantitative estimate of drug-likeness (QED) is 0.801. The van der Waals surface area contributed by atoms with E-state index in [4.69, 9.17) is 4.74 Å². The van der Waals surface area contributed by atoms with Crippen LogP contribution in [0.3, 0.4) is 0 Å². The van der Waals surface area contributed by atoms with Gasteiger partial charge in [-0.25, -0.2) is 0 Å². The summed E-state index contributed by atoms with van der Waals surface area (Å²) in [6.45, 7) is 13.5. The summed E-state index contributed by atoms with van der Waals surface area (Å²) in [5.74, 6) is 0. The van der Waals surface area contributed by atoms with Crippen LogP contribution in [0.25, 0.3) is 0 Å². The fraction of sp³-hybridized carbons (Fsp3) is 0.647. The third-order valence-electron chi connectivity index (χ3n) is 3.31. The fourth-order valence-electron chi connectivity index (χ4n) is 2.04. The average molecular weight is 263 g/mol. The summed E-state index contributed by atoms with van der Waals surface area (Å²) in [7, 11) is 0. The molecule has 0 aliphatic heterocycles. The van der Waals surface area contributed by atoms with Crippen LogP contribution < -0.4 is 5.32 Å². The van der Waals surface area contributed by atoms with Crippen LogP contribution in [0.5, 0.6) is 0 Å².